The maximum atomic E-state index is 5.40. The van der Waals surface area contributed by atoms with Gasteiger partial charge in [-0.2, -0.15) is 0 Å². The van der Waals surface area contributed by atoms with Gasteiger partial charge in [0.2, 0.25) is 0 Å². The van der Waals surface area contributed by atoms with E-state index in [4.69, 9.17) is 4.74 Å². The molecule has 5 nitrogen and oxygen atoms in total. The van der Waals surface area contributed by atoms with Gasteiger partial charge in [0, 0.05) is 32.7 Å². The van der Waals surface area contributed by atoms with Gasteiger partial charge in [-0.05, 0) is 18.9 Å². The molecule has 2 heterocycles. The highest BCUT2D eigenvalue weighted by molar-refractivity contribution is 5.26. The Balaban J connectivity index is 1.76. The molecule has 3 rings (SSSR count). The summed E-state index contributed by atoms with van der Waals surface area (Å²) in [6.45, 7) is 5.48. The molecule has 0 saturated carbocycles. The lowest BCUT2D eigenvalue weighted by Gasteiger charge is -2.25. The zero-order valence-corrected chi connectivity index (χ0v) is 12.5. The van der Waals surface area contributed by atoms with Crippen molar-refractivity contribution < 1.29 is 4.74 Å². The van der Waals surface area contributed by atoms with E-state index in [-0.39, 0.29) is 6.04 Å². The van der Waals surface area contributed by atoms with Crippen molar-refractivity contribution in [2.75, 3.05) is 19.8 Å². The highest BCUT2D eigenvalue weighted by Crippen LogP contribution is 2.24. The van der Waals surface area contributed by atoms with Gasteiger partial charge in [0.15, 0.2) is 5.82 Å². The van der Waals surface area contributed by atoms with Crippen LogP contribution in [-0.2, 0) is 17.7 Å². The van der Waals surface area contributed by atoms with Gasteiger partial charge in [-0.15, -0.1) is 10.2 Å². The molecule has 0 radical (unpaired) electrons. The predicted octanol–water partition coefficient (Wildman–Crippen LogP) is 1.94. The highest BCUT2D eigenvalue weighted by atomic mass is 16.5. The van der Waals surface area contributed by atoms with Gasteiger partial charge >= 0.3 is 0 Å². The molecule has 2 aromatic rings. The normalized spacial score (nSPS) is 17.7. The van der Waals surface area contributed by atoms with Crippen molar-refractivity contribution in [3.8, 4) is 0 Å². The molecule has 0 saturated heterocycles. The van der Waals surface area contributed by atoms with Crippen molar-refractivity contribution in [1.29, 1.82) is 0 Å². The SMILES string of the molecule is CCOCCCc1nnc2n1CCNC2c1ccccc1. The van der Waals surface area contributed by atoms with Crippen LogP contribution >= 0.6 is 0 Å². The van der Waals surface area contributed by atoms with E-state index in [2.05, 4.69) is 44.3 Å². The second-order valence-corrected chi connectivity index (χ2v) is 5.22. The number of hydrogen-bond donors (Lipinski definition) is 1. The monoisotopic (exact) mass is 286 g/mol. The summed E-state index contributed by atoms with van der Waals surface area (Å²) in [5, 5.41) is 12.3. The van der Waals surface area contributed by atoms with Gasteiger partial charge in [0.1, 0.15) is 5.82 Å². The third kappa shape index (κ3) is 3.14. The van der Waals surface area contributed by atoms with Crippen LogP contribution in [0.25, 0.3) is 0 Å². The maximum Gasteiger partial charge on any atom is 0.154 e. The van der Waals surface area contributed by atoms with Crippen LogP contribution in [0.1, 0.15) is 36.6 Å². The summed E-state index contributed by atoms with van der Waals surface area (Å²) in [6.07, 6.45) is 1.92. The molecule has 21 heavy (non-hydrogen) atoms. The summed E-state index contributed by atoms with van der Waals surface area (Å²) in [5.41, 5.74) is 1.24. The molecule has 1 N–H and O–H groups in total. The molecule has 5 heteroatoms. The molecule has 1 aromatic carbocycles. The zero-order chi connectivity index (χ0) is 14.5. The van der Waals surface area contributed by atoms with E-state index in [0.29, 0.717) is 0 Å². The molecule has 0 fully saturated rings. The minimum absolute atomic E-state index is 0.146. The first-order valence-electron chi connectivity index (χ1n) is 7.68. The number of benzene rings is 1. The number of nitrogens with one attached hydrogen (secondary N) is 1. The van der Waals surface area contributed by atoms with Gasteiger partial charge in [-0.1, -0.05) is 30.3 Å². The fourth-order valence-corrected chi connectivity index (χ4v) is 2.79. The van der Waals surface area contributed by atoms with Crippen molar-refractivity contribution in [1.82, 2.24) is 20.1 Å². The Morgan fingerprint density at radius 2 is 2.14 bits per heavy atom. The van der Waals surface area contributed by atoms with E-state index in [1.807, 2.05) is 13.0 Å². The summed E-state index contributed by atoms with van der Waals surface area (Å²) < 4.78 is 7.66. The smallest absolute Gasteiger partial charge is 0.154 e. The third-order valence-corrected chi connectivity index (χ3v) is 3.82. The minimum atomic E-state index is 0.146. The molecule has 1 aliphatic rings. The van der Waals surface area contributed by atoms with Gasteiger partial charge < -0.3 is 14.6 Å². The number of fused-ring (bicyclic) bond motifs is 1. The molecule has 1 atom stereocenters. The van der Waals surface area contributed by atoms with Crippen molar-refractivity contribution in [2.45, 2.75) is 32.4 Å². The summed E-state index contributed by atoms with van der Waals surface area (Å²) >= 11 is 0. The lowest BCUT2D eigenvalue weighted by Crippen LogP contribution is -2.35. The van der Waals surface area contributed by atoms with Crippen molar-refractivity contribution >= 4 is 0 Å². The Hall–Kier alpha value is -1.72. The minimum Gasteiger partial charge on any atom is -0.382 e. The van der Waals surface area contributed by atoms with Crippen LogP contribution in [0.2, 0.25) is 0 Å². The van der Waals surface area contributed by atoms with E-state index in [1.165, 1.54) is 5.56 Å². The average molecular weight is 286 g/mol. The molecule has 0 spiro atoms. The predicted molar refractivity (Wildman–Crippen MR) is 81.1 cm³/mol. The van der Waals surface area contributed by atoms with E-state index in [9.17, 15) is 0 Å². The molecule has 1 aliphatic heterocycles. The Labute approximate surface area is 125 Å². The number of nitrogens with zero attached hydrogens (tertiary/aromatic N) is 3. The molecule has 0 amide bonds. The standard InChI is InChI=1S/C16H22N4O/c1-2-21-12-6-9-14-18-19-16-15(17-10-11-20(14)16)13-7-4-3-5-8-13/h3-5,7-8,15,17H,2,6,9-12H2,1H3. The Bertz CT molecular complexity index is 567. The van der Waals surface area contributed by atoms with Crippen molar-refractivity contribution in [3.63, 3.8) is 0 Å². The van der Waals surface area contributed by atoms with Crippen molar-refractivity contribution in [3.05, 3.63) is 47.5 Å². The van der Waals surface area contributed by atoms with Crippen LogP contribution in [0, 0.1) is 0 Å². The Morgan fingerprint density at radius 1 is 1.29 bits per heavy atom. The Kier molecular flexibility index (Phi) is 4.62. The molecular weight excluding hydrogens is 264 g/mol. The first kappa shape index (κ1) is 14.2. The summed E-state index contributed by atoms with van der Waals surface area (Å²) in [6, 6.07) is 10.6. The number of aryl methyl sites for hydroxylation is 1. The van der Waals surface area contributed by atoms with Crippen LogP contribution in [-0.4, -0.2) is 34.5 Å². The fraction of sp³-hybridized carbons (Fsp3) is 0.500. The number of rotatable bonds is 6. The van der Waals surface area contributed by atoms with Crippen molar-refractivity contribution in [2.24, 2.45) is 0 Å². The Morgan fingerprint density at radius 3 is 2.95 bits per heavy atom. The first-order chi connectivity index (χ1) is 10.4. The number of aromatic nitrogens is 3. The van der Waals surface area contributed by atoms with E-state index in [0.717, 1.165) is 50.8 Å². The second kappa shape index (κ2) is 6.83. The van der Waals surface area contributed by atoms with Gasteiger partial charge in [0.25, 0.3) is 0 Å². The van der Waals surface area contributed by atoms with Crippen LogP contribution in [0.5, 0.6) is 0 Å². The second-order valence-electron chi connectivity index (χ2n) is 5.22. The molecule has 0 bridgehead atoms. The summed E-state index contributed by atoms with van der Waals surface area (Å²) in [5.74, 6) is 2.10. The molecule has 1 unspecified atom stereocenters. The topological polar surface area (TPSA) is 52.0 Å². The largest absolute Gasteiger partial charge is 0.382 e. The van der Waals surface area contributed by atoms with E-state index < -0.39 is 0 Å². The quantitative estimate of drug-likeness (QED) is 0.825. The van der Waals surface area contributed by atoms with E-state index in [1.54, 1.807) is 0 Å². The summed E-state index contributed by atoms with van der Waals surface area (Å²) in [4.78, 5) is 0. The van der Waals surface area contributed by atoms with Crippen LogP contribution in [0.4, 0.5) is 0 Å². The number of ether oxygens (including phenoxy) is 1. The fourth-order valence-electron chi connectivity index (χ4n) is 2.79. The van der Waals surface area contributed by atoms with Crippen LogP contribution < -0.4 is 5.32 Å². The van der Waals surface area contributed by atoms with E-state index >= 15 is 0 Å². The molecule has 1 aromatic heterocycles. The van der Waals surface area contributed by atoms with Gasteiger partial charge in [-0.25, -0.2) is 0 Å². The lowest BCUT2D eigenvalue weighted by atomic mass is 10.0. The van der Waals surface area contributed by atoms with Crippen LogP contribution in [0.15, 0.2) is 30.3 Å². The average Bonchev–Trinajstić information content (AvgIpc) is 2.96. The zero-order valence-electron chi connectivity index (χ0n) is 12.5. The maximum absolute atomic E-state index is 5.40. The molecule has 112 valence electrons. The summed E-state index contributed by atoms with van der Waals surface area (Å²) in [7, 11) is 0. The number of hydrogen-bond acceptors (Lipinski definition) is 4. The lowest BCUT2D eigenvalue weighted by molar-refractivity contribution is 0.144. The first-order valence-corrected chi connectivity index (χ1v) is 7.68. The third-order valence-electron chi connectivity index (χ3n) is 3.82. The molecular formula is C16H22N4O. The highest BCUT2D eigenvalue weighted by Gasteiger charge is 2.25. The molecule has 0 aliphatic carbocycles. The van der Waals surface area contributed by atoms with Gasteiger partial charge in [0.05, 0.1) is 6.04 Å². The van der Waals surface area contributed by atoms with Crippen LogP contribution in [0.3, 0.4) is 0 Å². The van der Waals surface area contributed by atoms with Gasteiger partial charge in [-0.3, -0.25) is 0 Å².